The number of rotatable bonds is 4. The van der Waals surface area contributed by atoms with Crippen LogP contribution in [0.2, 0.25) is 0 Å². The van der Waals surface area contributed by atoms with Gasteiger partial charge in [-0.1, -0.05) is 13.8 Å². The van der Waals surface area contributed by atoms with Crippen molar-refractivity contribution < 1.29 is 23.8 Å². The van der Waals surface area contributed by atoms with Crippen molar-refractivity contribution in [2.24, 2.45) is 5.92 Å². The van der Waals surface area contributed by atoms with E-state index in [-0.39, 0.29) is 11.8 Å². The molecule has 6 nitrogen and oxygen atoms in total. The second-order valence-electron chi connectivity index (χ2n) is 5.08. The molecule has 0 aliphatic carbocycles. The number of amides is 1. The number of hydrogen-bond donors (Lipinski definition) is 1. The van der Waals surface area contributed by atoms with Crippen molar-refractivity contribution in [1.82, 2.24) is 5.32 Å². The molecule has 0 radical (unpaired) electrons. The maximum Gasteiger partial charge on any atom is 0.328 e. The molecule has 1 aromatic carbocycles. The Morgan fingerprint density at radius 1 is 1.19 bits per heavy atom. The molecule has 0 saturated carbocycles. The second-order valence-corrected chi connectivity index (χ2v) is 5.08. The number of fused-ring (bicyclic) bond motifs is 1. The van der Waals surface area contributed by atoms with E-state index < -0.39 is 12.0 Å². The third kappa shape index (κ3) is 3.45. The van der Waals surface area contributed by atoms with Gasteiger partial charge in [0.15, 0.2) is 11.5 Å². The van der Waals surface area contributed by atoms with Crippen molar-refractivity contribution in [3.63, 3.8) is 0 Å². The molecule has 0 saturated heterocycles. The molecule has 2 rings (SSSR count). The first kappa shape index (κ1) is 15.2. The first-order valence-electron chi connectivity index (χ1n) is 6.81. The van der Waals surface area contributed by atoms with Crippen LogP contribution in [0.1, 0.15) is 24.2 Å². The lowest BCUT2D eigenvalue weighted by Gasteiger charge is -2.21. The van der Waals surface area contributed by atoms with Crippen LogP contribution in [0.15, 0.2) is 18.2 Å². The Morgan fingerprint density at radius 3 is 2.48 bits per heavy atom. The van der Waals surface area contributed by atoms with E-state index >= 15 is 0 Å². The molecule has 1 unspecified atom stereocenters. The molecule has 1 heterocycles. The van der Waals surface area contributed by atoms with Gasteiger partial charge in [-0.2, -0.15) is 0 Å². The van der Waals surface area contributed by atoms with E-state index in [0.29, 0.717) is 30.3 Å². The molecule has 1 aliphatic rings. The molecule has 1 aliphatic heterocycles. The monoisotopic (exact) mass is 293 g/mol. The van der Waals surface area contributed by atoms with E-state index in [1.807, 2.05) is 13.8 Å². The highest BCUT2D eigenvalue weighted by molar-refractivity contribution is 5.97. The molecule has 1 aromatic rings. The molecule has 21 heavy (non-hydrogen) atoms. The predicted octanol–water partition coefficient (Wildman–Crippen LogP) is 1.39. The molecule has 1 atom stereocenters. The first-order valence-corrected chi connectivity index (χ1v) is 6.81. The van der Waals surface area contributed by atoms with Gasteiger partial charge in [-0.3, -0.25) is 4.79 Å². The van der Waals surface area contributed by atoms with E-state index in [1.165, 1.54) is 7.11 Å². The number of hydrogen-bond acceptors (Lipinski definition) is 5. The number of carbonyl (C=O) groups excluding carboxylic acids is 2. The predicted molar refractivity (Wildman–Crippen MR) is 75.5 cm³/mol. The highest BCUT2D eigenvalue weighted by Gasteiger charge is 2.26. The summed E-state index contributed by atoms with van der Waals surface area (Å²) in [6.45, 7) is 4.63. The quantitative estimate of drug-likeness (QED) is 0.849. The fourth-order valence-electron chi connectivity index (χ4n) is 2.03. The van der Waals surface area contributed by atoms with Gasteiger partial charge in [0, 0.05) is 5.56 Å². The van der Waals surface area contributed by atoms with Gasteiger partial charge in [0.05, 0.1) is 7.11 Å². The summed E-state index contributed by atoms with van der Waals surface area (Å²) in [5, 5.41) is 2.68. The molecule has 1 amide bonds. The average molecular weight is 293 g/mol. The number of benzene rings is 1. The summed E-state index contributed by atoms with van der Waals surface area (Å²) in [4.78, 5) is 23.9. The van der Waals surface area contributed by atoms with Crippen LogP contribution in [0, 0.1) is 5.92 Å². The van der Waals surface area contributed by atoms with Gasteiger partial charge in [-0.15, -0.1) is 0 Å². The molecule has 6 heteroatoms. The summed E-state index contributed by atoms with van der Waals surface area (Å²) >= 11 is 0. The summed E-state index contributed by atoms with van der Waals surface area (Å²) in [5.74, 6) is 0.268. The Balaban J connectivity index is 2.14. The Hall–Kier alpha value is -2.24. The number of ether oxygens (including phenoxy) is 3. The van der Waals surface area contributed by atoms with Crippen LogP contribution in [-0.2, 0) is 9.53 Å². The van der Waals surface area contributed by atoms with E-state index in [0.717, 1.165) is 0 Å². The number of esters is 1. The lowest BCUT2D eigenvalue weighted by molar-refractivity contribution is -0.144. The summed E-state index contributed by atoms with van der Waals surface area (Å²) in [7, 11) is 1.30. The molecule has 114 valence electrons. The van der Waals surface area contributed by atoms with Gasteiger partial charge in [0.25, 0.3) is 5.91 Å². The van der Waals surface area contributed by atoms with Crippen molar-refractivity contribution >= 4 is 11.9 Å². The van der Waals surface area contributed by atoms with E-state index in [9.17, 15) is 9.59 Å². The van der Waals surface area contributed by atoms with Gasteiger partial charge in [-0.25, -0.2) is 4.79 Å². The van der Waals surface area contributed by atoms with E-state index in [1.54, 1.807) is 18.2 Å². The Labute approximate surface area is 123 Å². The standard InChI is InChI=1S/C15H19NO5/c1-9(2)13(15(18)19-3)16-14(17)10-4-5-11-12(8-10)21-7-6-20-11/h4-5,8-9,13H,6-7H2,1-3H3,(H,16,17). The highest BCUT2D eigenvalue weighted by atomic mass is 16.6. The fourth-order valence-corrected chi connectivity index (χ4v) is 2.03. The molecular formula is C15H19NO5. The van der Waals surface area contributed by atoms with Crippen LogP contribution in [0.3, 0.4) is 0 Å². The van der Waals surface area contributed by atoms with E-state index in [4.69, 9.17) is 14.2 Å². The van der Waals surface area contributed by atoms with Gasteiger partial charge >= 0.3 is 5.97 Å². The van der Waals surface area contributed by atoms with Crippen LogP contribution in [0.5, 0.6) is 11.5 Å². The van der Waals surface area contributed by atoms with Crippen molar-refractivity contribution in [3.8, 4) is 11.5 Å². The van der Waals surface area contributed by atoms with Crippen molar-refractivity contribution in [2.75, 3.05) is 20.3 Å². The second kappa shape index (κ2) is 6.47. The first-order chi connectivity index (χ1) is 10.0. The van der Waals surface area contributed by atoms with Crippen molar-refractivity contribution in [3.05, 3.63) is 23.8 Å². The van der Waals surface area contributed by atoms with Crippen LogP contribution in [0.25, 0.3) is 0 Å². The maximum absolute atomic E-state index is 12.3. The molecule has 0 fully saturated rings. The minimum Gasteiger partial charge on any atom is -0.486 e. The molecule has 0 aromatic heterocycles. The minimum absolute atomic E-state index is 0.0707. The van der Waals surface area contributed by atoms with Gasteiger partial charge < -0.3 is 19.5 Å². The summed E-state index contributed by atoms with van der Waals surface area (Å²) in [5.41, 5.74) is 0.411. The molecule has 0 spiro atoms. The zero-order valence-corrected chi connectivity index (χ0v) is 12.3. The topological polar surface area (TPSA) is 73.9 Å². The Bertz CT molecular complexity index is 541. The average Bonchev–Trinajstić information content (AvgIpc) is 2.50. The van der Waals surface area contributed by atoms with E-state index in [2.05, 4.69) is 5.32 Å². The summed E-state index contributed by atoms with van der Waals surface area (Å²) in [6, 6.07) is 4.25. The van der Waals surface area contributed by atoms with Gasteiger partial charge in [0.2, 0.25) is 0 Å². The Kier molecular flexibility index (Phi) is 4.67. The molecule has 0 bridgehead atoms. The zero-order valence-electron chi connectivity index (χ0n) is 12.3. The highest BCUT2D eigenvalue weighted by Crippen LogP contribution is 2.30. The lowest BCUT2D eigenvalue weighted by atomic mass is 10.0. The third-order valence-corrected chi connectivity index (χ3v) is 3.21. The minimum atomic E-state index is -0.685. The normalized spacial score (nSPS) is 14.5. The Morgan fingerprint density at radius 2 is 1.86 bits per heavy atom. The molecular weight excluding hydrogens is 274 g/mol. The van der Waals surface area contributed by atoms with Crippen LogP contribution < -0.4 is 14.8 Å². The zero-order chi connectivity index (χ0) is 15.4. The van der Waals surface area contributed by atoms with Gasteiger partial charge in [-0.05, 0) is 24.1 Å². The third-order valence-electron chi connectivity index (χ3n) is 3.21. The smallest absolute Gasteiger partial charge is 0.328 e. The fraction of sp³-hybridized carbons (Fsp3) is 0.467. The van der Waals surface area contributed by atoms with Crippen molar-refractivity contribution in [2.45, 2.75) is 19.9 Å². The summed E-state index contributed by atoms with van der Waals surface area (Å²) in [6.07, 6.45) is 0. The van der Waals surface area contributed by atoms with Crippen LogP contribution in [-0.4, -0.2) is 38.2 Å². The summed E-state index contributed by atoms with van der Waals surface area (Å²) < 4.78 is 15.5. The molecule has 1 N–H and O–H groups in total. The van der Waals surface area contributed by atoms with Crippen molar-refractivity contribution in [1.29, 1.82) is 0 Å². The number of nitrogens with one attached hydrogen (secondary N) is 1. The van der Waals surface area contributed by atoms with Gasteiger partial charge in [0.1, 0.15) is 19.3 Å². The number of carbonyl (C=O) groups is 2. The van der Waals surface area contributed by atoms with Crippen LogP contribution >= 0.6 is 0 Å². The SMILES string of the molecule is COC(=O)C(NC(=O)c1ccc2c(c1)OCCO2)C(C)C. The lowest BCUT2D eigenvalue weighted by Crippen LogP contribution is -2.45. The maximum atomic E-state index is 12.3. The number of methoxy groups -OCH3 is 1. The largest absolute Gasteiger partial charge is 0.486 e. The van der Waals surface area contributed by atoms with Crippen LogP contribution in [0.4, 0.5) is 0 Å².